The van der Waals surface area contributed by atoms with Crippen LogP contribution in [0.2, 0.25) is 0 Å². The third-order valence-corrected chi connectivity index (χ3v) is 6.26. The smallest absolute Gasteiger partial charge is 0.225 e. The molecule has 176 valence electrons. The van der Waals surface area contributed by atoms with Crippen LogP contribution in [0.15, 0.2) is 36.4 Å². The molecule has 0 bridgehead atoms. The molecule has 0 radical (unpaired) electrons. The minimum atomic E-state index is -0.197. The summed E-state index contributed by atoms with van der Waals surface area (Å²) in [7, 11) is 0. The fourth-order valence-corrected chi connectivity index (χ4v) is 4.33. The first-order valence-corrected chi connectivity index (χ1v) is 12.9. The van der Waals surface area contributed by atoms with Crippen molar-refractivity contribution in [1.29, 1.82) is 0 Å². The van der Waals surface area contributed by atoms with Crippen molar-refractivity contribution >= 4 is 11.6 Å². The predicted octanol–water partition coefficient (Wildman–Crippen LogP) is 7.75. The van der Waals surface area contributed by atoms with Crippen molar-refractivity contribution in [3.8, 4) is 0 Å². The van der Waals surface area contributed by atoms with Gasteiger partial charge in [-0.05, 0) is 57.6 Å². The summed E-state index contributed by atoms with van der Waals surface area (Å²) in [5.74, 6) is -0.383. The van der Waals surface area contributed by atoms with Crippen LogP contribution in [0.25, 0.3) is 0 Å². The van der Waals surface area contributed by atoms with Gasteiger partial charge in [-0.2, -0.15) is 0 Å². The highest BCUT2D eigenvalue weighted by Crippen LogP contribution is 2.31. The third-order valence-electron chi connectivity index (χ3n) is 6.26. The molecule has 1 atom stereocenters. The van der Waals surface area contributed by atoms with Crippen LogP contribution in [-0.2, 0) is 4.79 Å². The van der Waals surface area contributed by atoms with Crippen LogP contribution in [0.1, 0.15) is 116 Å². The number of carbonyl (C=O) groups is 1. The SMILES string of the molecule is CCCCCCCC/C=C\CCCCCCC(C(N)=O)c1ccccc1N(CC)CC. The number of amides is 1. The van der Waals surface area contributed by atoms with Gasteiger partial charge in [0.15, 0.2) is 0 Å². The molecule has 3 nitrogen and oxygen atoms in total. The van der Waals surface area contributed by atoms with Crippen LogP contribution in [0.4, 0.5) is 5.69 Å². The van der Waals surface area contributed by atoms with Crippen molar-refractivity contribution in [3.05, 3.63) is 42.0 Å². The standard InChI is InChI=1S/C28H48N2O/c1-4-7-8-9-10-11-12-13-14-15-16-17-18-19-23-26(28(29)31)25-22-20-21-24-27(25)30(5-2)6-3/h13-14,20-22,24,26H,4-12,15-19,23H2,1-3H3,(H2,29,31)/b14-13-. The van der Waals surface area contributed by atoms with E-state index in [2.05, 4.69) is 56.0 Å². The summed E-state index contributed by atoms with van der Waals surface area (Å²) in [5, 5.41) is 0. The minimum Gasteiger partial charge on any atom is -0.372 e. The maximum absolute atomic E-state index is 12.2. The molecule has 0 aliphatic rings. The highest BCUT2D eigenvalue weighted by molar-refractivity contribution is 5.84. The molecule has 1 aromatic carbocycles. The highest BCUT2D eigenvalue weighted by Gasteiger charge is 2.22. The monoisotopic (exact) mass is 428 g/mol. The Bertz CT molecular complexity index is 607. The molecule has 0 heterocycles. The molecular weight excluding hydrogens is 380 g/mol. The van der Waals surface area contributed by atoms with Gasteiger partial charge >= 0.3 is 0 Å². The number of allylic oxidation sites excluding steroid dienone is 2. The molecule has 0 spiro atoms. The fraction of sp³-hybridized carbons (Fsp3) is 0.679. The van der Waals surface area contributed by atoms with Gasteiger partial charge in [0.1, 0.15) is 0 Å². The quantitative estimate of drug-likeness (QED) is 0.181. The first-order valence-electron chi connectivity index (χ1n) is 12.9. The number of rotatable bonds is 19. The zero-order valence-electron chi connectivity index (χ0n) is 20.6. The molecule has 1 aromatic rings. The predicted molar refractivity (Wildman–Crippen MR) is 137 cm³/mol. The van der Waals surface area contributed by atoms with Gasteiger partial charge in [-0.25, -0.2) is 0 Å². The van der Waals surface area contributed by atoms with Crippen molar-refractivity contribution in [2.24, 2.45) is 5.73 Å². The van der Waals surface area contributed by atoms with E-state index in [-0.39, 0.29) is 11.8 Å². The molecule has 0 saturated heterocycles. The average Bonchev–Trinajstić information content (AvgIpc) is 2.77. The maximum atomic E-state index is 12.2. The van der Waals surface area contributed by atoms with Gasteiger partial charge < -0.3 is 10.6 Å². The Kier molecular flexibility index (Phi) is 15.7. The second kappa shape index (κ2) is 17.9. The lowest BCUT2D eigenvalue weighted by atomic mass is 9.90. The molecule has 1 rings (SSSR count). The van der Waals surface area contributed by atoms with E-state index in [1.807, 2.05) is 6.07 Å². The molecular formula is C28H48N2O. The molecule has 1 amide bonds. The van der Waals surface area contributed by atoms with Gasteiger partial charge in [0.2, 0.25) is 5.91 Å². The zero-order valence-corrected chi connectivity index (χ0v) is 20.6. The lowest BCUT2D eigenvalue weighted by Gasteiger charge is -2.27. The number of para-hydroxylation sites is 1. The fourth-order valence-electron chi connectivity index (χ4n) is 4.33. The van der Waals surface area contributed by atoms with E-state index in [4.69, 9.17) is 5.73 Å². The van der Waals surface area contributed by atoms with Crippen LogP contribution in [-0.4, -0.2) is 19.0 Å². The van der Waals surface area contributed by atoms with E-state index in [1.165, 1.54) is 70.6 Å². The van der Waals surface area contributed by atoms with Crippen LogP contribution in [0.3, 0.4) is 0 Å². The summed E-state index contributed by atoms with van der Waals surface area (Å²) in [6.45, 7) is 8.45. The van der Waals surface area contributed by atoms with Gasteiger partial charge in [0.05, 0.1) is 5.92 Å². The Morgan fingerprint density at radius 1 is 0.839 bits per heavy atom. The Morgan fingerprint density at radius 2 is 1.39 bits per heavy atom. The highest BCUT2D eigenvalue weighted by atomic mass is 16.1. The summed E-state index contributed by atoms with van der Waals surface area (Å²) in [6, 6.07) is 8.28. The lowest BCUT2D eigenvalue weighted by Crippen LogP contribution is -2.27. The number of nitrogens with zero attached hydrogens (tertiary/aromatic N) is 1. The summed E-state index contributed by atoms with van der Waals surface area (Å²) in [5.41, 5.74) is 8.06. The van der Waals surface area contributed by atoms with E-state index in [0.717, 1.165) is 37.2 Å². The van der Waals surface area contributed by atoms with Crippen molar-refractivity contribution < 1.29 is 4.79 Å². The Balaban J connectivity index is 2.28. The van der Waals surface area contributed by atoms with E-state index < -0.39 is 0 Å². The van der Waals surface area contributed by atoms with E-state index in [0.29, 0.717) is 0 Å². The summed E-state index contributed by atoms with van der Waals surface area (Å²) in [4.78, 5) is 14.5. The van der Waals surface area contributed by atoms with Gasteiger partial charge in [-0.3, -0.25) is 4.79 Å². The minimum absolute atomic E-state index is 0.186. The number of hydrogen-bond donors (Lipinski definition) is 1. The Labute approximate surface area is 192 Å². The normalized spacial score (nSPS) is 12.4. The Hall–Kier alpha value is -1.77. The number of anilines is 1. The van der Waals surface area contributed by atoms with Gasteiger partial charge in [0, 0.05) is 18.8 Å². The molecule has 31 heavy (non-hydrogen) atoms. The number of benzene rings is 1. The summed E-state index contributed by atoms with van der Waals surface area (Å²) in [6.07, 6.45) is 20.9. The van der Waals surface area contributed by atoms with Crippen LogP contribution in [0, 0.1) is 0 Å². The number of hydrogen-bond acceptors (Lipinski definition) is 2. The molecule has 0 saturated carbocycles. The van der Waals surface area contributed by atoms with Crippen molar-refractivity contribution in [1.82, 2.24) is 0 Å². The van der Waals surface area contributed by atoms with Gasteiger partial charge in [-0.1, -0.05) is 88.6 Å². The topological polar surface area (TPSA) is 46.3 Å². The third kappa shape index (κ3) is 11.4. The molecule has 1 unspecified atom stereocenters. The molecule has 0 aromatic heterocycles. The van der Waals surface area contributed by atoms with Crippen molar-refractivity contribution in [3.63, 3.8) is 0 Å². The number of nitrogens with two attached hydrogens (primary N) is 1. The van der Waals surface area contributed by atoms with Crippen molar-refractivity contribution in [2.45, 2.75) is 110 Å². The van der Waals surface area contributed by atoms with Crippen LogP contribution in [0.5, 0.6) is 0 Å². The van der Waals surface area contributed by atoms with Crippen LogP contribution >= 0.6 is 0 Å². The average molecular weight is 429 g/mol. The van der Waals surface area contributed by atoms with Crippen molar-refractivity contribution in [2.75, 3.05) is 18.0 Å². The number of primary amides is 1. The lowest BCUT2D eigenvalue weighted by molar-refractivity contribution is -0.119. The van der Waals surface area contributed by atoms with Crippen LogP contribution < -0.4 is 10.6 Å². The second-order valence-corrected chi connectivity index (χ2v) is 8.71. The van der Waals surface area contributed by atoms with Gasteiger partial charge in [0.25, 0.3) is 0 Å². The molecule has 0 aliphatic carbocycles. The number of carbonyl (C=O) groups excluding carboxylic acids is 1. The first kappa shape index (κ1) is 27.3. The van der Waals surface area contributed by atoms with E-state index in [9.17, 15) is 4.79 Å². The second-order valence-electron chi connectivity index (χ2n) is 8.71. The molecule has 2 N–H and O–H groups in total. The largest absolute Gasteiger partial charge is 0.372 e. The van der Waals surface area contributed by atoms with Gasteiger partial charge in [-0.15, -0.1) is 0 Å². The first-order chi connectivity index (χ1) is 15.2. The molecule has 0 aliphatic heterocycles. The Morgan fingerprint density at radius 3 is 1.97 bits per heavy atom. The number of unbranched alkanes of at least 4 members (excludes halogenated alkanes) is 10. The molecule has 3 heteroatoms. The zero-order chi connectivity index (χ0) is 22.7. The summed E-state index contributed by atoms with van der Waals surface area (Å²) < 4.78 is 0. The van der Waals surface area contributed by atoms with E-state index >= 15 is 0 Å². The molecule has 0 fully saturated rings. The summed E-state index contributed by atoms with van der Waals surface area (Å²) >= 11 is 0. The van der Waals surface area contributed by atoms with E-state index in [1.54, 1.807) is 0 Å². The maximum Gasteiger partial charge on any atom is 0.225 e.